The van der Waals surface area contributed by atoms with Crippen LogP contribution in [0.2, 0.25) is 19.6 Å². The van der Waals surface area contributed by atoms with Crippen molar-refractivity contribution < 1.29 is 50.9 Å². The quantitative estimate of drug-likeness (QED) is 0.307. The van der Waals surface area contributed by atoms with Gasteiger partial charge in [-0.2, -0.15) is 0 Å². The van der Waals surface area contributed by atoms with Crippen molar-refractivity contribution in [3.63, 3.8) is 0 Å². The van der Waals surface area contributed by atoms with E-state index in [-0.39, 0.29) is 44.9 Å². The summed E-state index contributed by atoms with van der Waals surface area (Å²) < 4.78 is 25.8. The Kier molecular flexibility index (Phi) is 12.2. The summed E-state index contributed by atoms with van der Waals surface area (Å²) in [5, 5.41) is 0. The molecular formula is C15H32BNO4PSiY-. The van der Waals surface area contributed by atoms with Crippen molar-refractivity contribution in [3.8, 4) is 0 Å². The van der Waals surface area contributed by atoms with Crippen LogP contribution >= 0.6 is 8.53 Å². The normalized spacial score (nSPS) is 26.2. The Morgan fingerprint density at radius 3 is 2.17 bits per heavy atom. The van der Waals surface area contributed by atoms with Gasteiger partial charge in [0.1, 0.15) is 0 Å². The maximum Gasteiger partial charge on any atom is 0.256 e. The summed E-state index contributed by atoms with van der Waals surface area (Å²) in [6.45, 7) is 15.5. The van der Waals surface area contributed by atoms with Crippen LogP contribution in [0.15, 0.2) is 0 Å². The molecule has 1 saturated heterocycles. The SMILES string of the molecule is [B][C@H]1[CH-][C@@H](OP(OC)N(C(C)C)C(C)C)[C@@H](CO[Si](C)(C)C)O1.[Y]. The Labute approximate surface area is 177 Å². The zero-order valence-electron chi connectivity index (χ0n) is 16.4. The van der Waals surface area contributed by atoms with Crippen LogP contribution in [0.1, 0.15) is 27.7 Å². The molecular weight excluding hydrogens is 417 g/mol. The van der Waals surface area contributed by atoms with E-state index in [1.54, 1.807) is 7.11 Å². The van der Waals surface area contributed by atoms with E-state index in [0.717, 1.165) is 0 Å². The minimum Gasteiger partial charge on any atom is -0.415 e. The van der Waals surface area contributed by atoms with Crippen LogP contribution in [-0.2, 0) is 50.9 Å². The van der Waals surface area contributed by atoms with Crippen molar-refractivity contribution in [3.05, 3.63) is 6.42 Å². The maximum absolute atomic E-state index is 6.24. The topological polar surface area (TPSA) is 40.2 Å². The molecule has 0 N–H and O–H groups in total. The minimum absolute atomic E-state index is 0. The average molecular weight is 449 g/mol. The Bertz CT molecular complexity index is 355. The molecule has 0 aromatic rings. The molecule has 3 radical (unpaired) electrons. The number of ether oxygens (including phenoxy) is 1. The first-order chi connectivity index (χ1) is 10.5. The molecule has 0 amide bonds. The molecule has 1 aliphatic rings. The van der Waals surface area contributed by atoms with Gasteiger partial charge in [0, 0.05) is 51.9 Å². The summed E-state index contributed by atoms with van der Waals surface area (Å²) in [5.74, 6) is 0. The van der Waals surface area contributed by atoms with Gasteiger partial charge in [-0.05, 0) is 53.4 Å². The third-order valence-corrected chi connectivity index (χ3v) is 6.44. The molecule has 0 saturated carbocycles. The molecule has 1 unspecified atom stereocenters. The molecule has 24 heavy (non-hydrogen) atoms. The standard InChI is InChI=1S/C15H32BNO4PSi.Y/c1-11(2)17(12(3)4)22(18-5)21-13-9-15(16)20-14(13)10-19-23(6,7)8;/h9,11-15H,10H2,1-8H3;/q-1;/t13-,14-,15-,22?;/m1./s1. The predicted octanol–water partition coefficient (Wildman–Crippen LogP) is 3.31. The monoisotopic (exact) mass is 449 g/mol. The van der Waals surface area contributed by atoms with Crippen molar-refractivity contribution in [2.75, 3.05) is 13.7 Å². The molecule has 1 rings (SSSR count). The molecule has 4 atom stereocenters. The smallest absolute Gasteiger partial charge is 0.256 e. The van der Waals surface area contributed by atoms with Gasteiger partial charge in [-0.3, -0.25) is 6.42 Å². The minimum atomic E-state index is -1.61. The summed E-state index contributed by atoms with van der Waals surface area (Å²) in [6.07, 6.45) is 1.50. The fraction of sp³-hybridized carbons (Fsp3) is 0.933. The van der Waals surface area contributed by atoms with Crippen molar-refractivity contribution >= 4 is 24.7 Å². The molecule has 0 bridgehead atoms. The van der Waals surface area contributed by atoms with E-state index in [4.69, 9.17) is 26.1 Å². The summed E-state index contributed by atoms with van der Waals surface area (Å²) in [7, 11) is 4.82. The average Bonchev–Trinajstić information content (AvgIpc) is 2.74. The van der Waals surface area contributed by atoms with Gasteiger partial charge >= 0.3 is 0 Å². The van der Waals surface area contributed by atoms with E-state index in [0.29, 0.717) is 18.7 Å². The van der Waals surface area contributed by atoms with E-state index in [2.05, 4.69) is 52.0 Å². The first kappa shape index (κ1) is 25.6. The third kappa shape index (κ3) is 8.54. The van der Waals surface area contributed by atoms with E-state index < -0.39 is 22.8 Å². The van der Waals surface area contributed by atoms with Crippen LogP contribution in [0.3, 0.4) is 0 Å². The van der Waals surface area contributed by atoms with Crippen molar-refractivity contribution in [2.45, 2.75) is 77.6 Å². The number of hydrogen-bond donors (Lipinski definition) is 0. The molecule has 5 nitrogen and oxygen atoms in total. The first-order valence-electron chi connectivity index (χ1n) is 8.24. The summed E-state index contributed by atoms with van der Waals surface area (Å²) >= 11 is 0. The number of nitrogens with zero attached hydrogens (tertiary/aromatic N) is 1. The first-order valence-corrected chi connectivity index (χ1v) is 12.8. The molecule has 1 fully saturated rings. The van der Waals surface area contributed by atoms with Crippen LogP contribution < -0.4 is 0 Å². The molecule has 9 heteroatoms. The van der Waals surface area contributed by atoms with Gasteiger partial charge in [-0.15, -0.1) is 0 Å². The van der Waals surface area contributed by atoms with E-state index in [1.165, 1.54) is 0 Å². The fourth-order valence-electron chi connectivity index (χ4n) is 2.47. The second kappa shape index (κ2) is 11.5. The van der Waals surface area contributed by atoms with Crippen LogP contribution in [0.5, 0.6) is 0 Å². The largest absolute Gasteiger partial charge is 0.415 e. The zero-order chi connectivity index (χ0) is 17.8. The maximum atomic E-state index is 6.24. The van der Waals surface area contributed by atoms with Gasteiger partial charge in [0.15, 0.2) is 8.32 Å². The van der Waals surface area contributed by atoms with Gasteiger partial charge in [0.2, 0.25) is 0 Å². The van der Waals surface area contributed by atoms with Crippen molar-refractivity contribution in [1.29, 1.82) is 0 Å². The summed E-state index contributed by atoms with van der Waals surface area (Å²) in [4.78, 5) is 0. The van der Waals surface area contributed by atoms with E-state index in [1.807, 2.05) is 6.42 Å². The fourth-order valence-corrected chi connectivity index (χ4v) is 4.69. The molecule has 0 aromatic heterocycles. The molecule has 1 heterocycles. The van der Waals surface area contributed by atoms with Crippen LogP contribution in [0, 0.1) is 6.42 Å². The Hall–Kier alpha value is 1.62. The molecule has 1 aliphatic heterocycles. The number of rotatable bonds is 9. The molecule has 137 valence electrons. The van der Waals surface area contributed by atoms with E-state index in [9.17, 15) is 0 Å². The van der Waals surface area contributed by atoms with Gasteiger partial charge in [-0.1, -0.05) is 6.00 Å². The summed E-state index contributed by atoms with van der Waals surface area (Å²) in [5.41, 5.74) is 0. The predicted molar refractivity (Wildman–Crippen MR) is 98.9 cm³/mol. The molecule has 0 aliphatic carbocycles. The Morgan fingerprint density at radius 2 is 1.75 bits per heavy atom. The zero-order valence-corrected chi connectivity index (χ0v) is 21.1. The number of hydrogen-bond acceptors (Lipinski definition) is 5. The third-order valence-electron chi connectivity index (χ3n) is 3.37. The second-order valence-corrected chi connectivity index (χ2v) is 13.3. The van der Waals surface area contributed by atoms with Gasteiger partial charge < -0.3 is 18.2 Å². The Balaban J connectivity index is 0.00000529. The van der Waals surface area contributed by atoms with Gasteiger partial charge in [0.05, 0.1) is 20.6 Å². The van der Waals surface area contributed by atoms with Crippen molar-refractivity contribution in [2.24, 2.45) is 0 Å². The van der Waals surface area contributed by atoms with Crippen LogP contribution in [0.25, 0.3) is 0 Å². The Morgan fingerprint density at radius 1 is 1.21 bits per heavy atom. The van der Waals surface area contributed by atoms with Crippen LogP contribution in [0.4, 0.5) is 0 Å². The van der Waals surface area contributed by atoms with Crippen molar-refractivity contribution in [1.82, 2.24) is 4.67 Å². The molecule has 0 aromatic carbocycles. The molecule has 0 spiro atoms. The van der Waals surface area contributed by atoms with E-state index >= 15 is 0 Å². The van der Waals surface area contributed by atoms with Gasteiger partial charge in [-0.25, -0.2) is 4.67 Å². The second-order valence-electron chi connectivity index (χ2n) is 7.31. The van der Waals surface area contributed by atoms with Crippen LogP contribution in [-0.4, -0.2) is 64.8 Å². The van der Waals surface area contributed by atoms with Gasteiger partial charge in [0.25, 0.3) is 8.53 Å². The summed E-state index contributed by atoms with van der Waals surface area (Å²) in [6, 6.07) is 0.234.